The summed E-state index contributed by atoms with van der Waals surface area (Å²) in [5.41, 5.74) is 2.54. The Morgan fingerprint density at radius 3 is 2.40 bits per heavy atom. The molecule has 1 amide bonds. The smallest absolute Gasteiger partial charge is 0.243 e. The van der Waals surface area contributed by atoms with Crippen LogP contribution in [-0.2, 0) is 21.2 Å². The summed E-state index contributed by atoms with van der Waals surface area (Å²) in [7, 11) is -3.69. The van der Waals surface area contributed by atoms with Gasteiger partial charge in [-0.15, -0.1) is 0 Å². The molecule has 2 aliphatic rings. The van der Waals surface area contributed by atoms with Crippen LogP contribution in [0, 0.1) is 5.92 Å². The van der Waals surface area contributed by atoms with Crippen LogP contribution in [0.2, 0.25) is 0 Å². The molecule has 1 unspecified atom stereocenters. The molecule has 0 N–H and O–H groups in total. The molecule has 0 aromatic heterocycles. The highest BCUT2D eigenvalue weighted by Crippen LogP contribution is 2.35. The van der Waals surface area contributed by atoms with Gasteiger partial charge in [-0.1, -0.05) is 30.3 Å². The second kappa shape index (κ2) is 7.96. The Hall–Kier alpha value is -2.51. The summed E-state index contributed by atoms with van der Waals surface area (Å²) in [6.45, 7) is 4.07. The van der Waals surface area contributed by atoms with Crippen molar-refractivity contribution >= 4 is 27.4 Å². The molecule has 7 heteroatoms. The molecule has 1 fully saturated rings. The average Bonchev–Trinajstić information content (AvgIpc) is 3.09. The number of nitrogens with zero attached hydrogens (tertiary/aromatic N) is 2. The molecule has 4 rings (SSSR count). The number of benzene rings is 2. The number of hydrogen-bond donors (Lipinski definition) is 0. The van der Waals surface area contributed by atoms with Gasteiger partial charge in [0.15, 0.2) is 5.78 Å². The molecule has 0 radical (unpaired) electrons. The van der Waals surface area contributed by atoms with E-state index in [2.05, 4.69) is 13.0 Å². The van der Waals surface area contributed by atoms with Crippen molar-refractivity contribution in [1.82, 2.24) is 4.31 Å². The van der Waals surface area contributed by atoms with Crippen LogP contribution in [-0.4, -0.2) is 43.5 Å². The maximum Gasteiger partial charge on any atom is 0.243 e. The molecule has 2 heterocycles. The average molecular weight is 427 g/mol. The first-order chi connectivity index (χ1) is 14.3. The Morgan fingerprint density at radius 1 is 1.00 bits per heavy atom. The molecule has 0 spiro atoms. The molecule has 2 aromatic rings. The van der Waals surface area contributed by atoms with Crippen LogP contribution in [0.25, 0.3) is 0 Å². The number of ketones is 1. The number of Topliss-reactive ketones (excluding diaryl/α,β-unsaturated/α-hetero) is 1. The van der Waals surface area contributed by atoms with Crippen LogP contribution < -0.4 is 4.90 Å². The zero-order chi connectivity index (χ0) is 21.5. The monoisotopic (exact) mass is 426 g/mol. The van der Waals surface area contributed by atoms with Crippen molar-refractivity contribution in [3.05, 3.63) is 59.7 Å². The normalized spacial score (nSPS) is 20.2. The van der Waals surface area contributed by atoms with Crippen LogP contribution >= 0.6 is 0 Å². The first-order valence-corrected chi connectivity index (χ1v) is 11.7. The van der Waals surface area contributed by atoms with E-state index in [0.717, 1.165) is 12.1 Å². The van der Waals surface area contributed by atoms with Crippen molar-refractivity contribution in [2.45, 2.75) is 44.0 Å². The summed E-state index contributed by atoms with van der Waals surface area (Å²) in [5.74, 6) is -0.270. The van der Waals surface area contributed by atoms with Crippen LogP contribution in [0.15, 0.2) is 53.4 Å². The van der Waals surface area contributed by atoms with Gasteiger partial charge >= 0.3 is 0 Å². The number of carbonyl (C=O) groups excluding carboxylic acids is 2. The summed E-state index contributed by atoms with van der Waals surface area (Å²) >= 11 is 0. The minimum Gasteiger partial charge on any atom is -0.309 e. The fourth-order valence-corrected chi connectivity index (χ4v) is 5.98. The van der Waals surface area contributed by atoms with E-state index < -0.39 is 10.0 Å². The van der Waals surface area contributed by atoms with Crippen molar-refractivity contribution in [3.63, 3.8) is 0 Å². The number of rotatable bonds is 4. The van der Waals surface area contributed by atoms with Crippen molar-refractivity contribution in [2.24, 2.45) is 5.92 Å². The first-order valence-electron chi connectivity index (χ1n) is 10.3. The highest BCUT2D eigenvalue weighted by molar-refractivity contribution is 7.89. The lowest BCUT2D eigenvalue weighted by atomic mass is 9.96. The van der Waals surface area contributed by atoms with Gasteiger partial charge in [-0.3, -0.25) is 9.59 Å². The molecular weight excluding hydrogens is 400 g/mol. The Kier molecular flexibility index (Phi) is 5.51. The zero-order valence-electron chi connectivity index (χ0n) is 17.2. The third-order valence-corrected chi connectivity index (χ3v) is 8.02. The van der Waals surface area contributed by atoms with E-state index in [4.69, 9.17) is 0 Å². The SMILES string of the molecule is CC(=O)c1cccc(S(=O)(=O)N2CCC(C(=O)N3c4ccccc4CC3C)CC2)c1. The summed E-state index contributed by atoms with van der Waals surface area (Å²) in [5, 5.41) is 0. The van der Waals surface area contributed by atoms with Crippen molar-refractivity contribution in [1.29, 1.82) is 0 Å². The number of para-hydroxylation sites is 1. The van der Waals surface area contributed by atoms with Gasteiger partial charge in [0.2, 0.25) is 15.9 Å². The van der Waals surface area contributed by atoms with Crippen LogP contribution in [0.5, 0.6) is 0 Å². The molecule has 1 atom stereocenters. The topological polar surface area (TPSA) is 74.8 Å². The number of hydrogen-bond acceptors (Lipinski definition) is 4. The van der Waals surface area contributed by atoms with Gasteiger partial charge in [0.25, 0.3) is 0 Å². The maximum atomic E-state index is 13.2. The molecule has 0 aliphatic carbocycles. The number of piperidine rings is 1. The van der Waals surface area contributed by atoms with Crippen LogP contribution in [0.1, 0.15) is 42.6 Å². The number of anilines is 1. The molecule has 0 bridgehead atoms. The van der Waals surface area contributed by atoms with Gasteiger partial charge in [0, 0.05) is 36.3 Å². The molecule has 158 valence electrons. The van der Waals surface area contributed by atoms with E-state index >= 15 is 0 Å². The van der Waals surface area contributed by atoms with E-state index in [-0.39, 0.29) is 28.5 Å². The van der Waals surface area contributed by atoms with E-state index in [0.29, 0.717) is 31.5 Å². The van der Waals surface area contributed by atoms with E-state index in [1.165, 1.54) is 28.9 Å². The molecule has 1 saturated heterocycles. The third kappa shape index (κ3) is 3.68. The minimum absolute atomic E-state index is 0.0862. The van der Waals surface area contributed by atoms with Crippen molar-refractivity contribution < 1.29 is 18.0 Å². The highest BCUT2D eigenvalue weighted by atomic mass is 32.2. The summed E-state index contributed by atoms with van der Waals surface area (Å²) in [4.78, 5) is 26.9. The van der Waals surface area contributed by atoms with E-state index in [9.17, 15) is 18.0 Å². The van der Waals surface area contributed by atoms with E-state index in [1.54, 1.807) is 12.1 Å². The molecule has 2 aromatic carbocycles. The number of carbonyl (C=O) groups is 2. The Morgan fingerprint density at radius 2 is 1.70 bits per heavy atom. The largest absolute Gasteiger partial charge is 0.309 e. The standard InChI is InChI=1S/C23H26N2O4S/c1-16-14-20-6-3-4-9-22(20)25(16)23(27)18-10-12-24(13-11-18)30(28,29)21-8-5-7-19(15-21)17(2)26/h3-9,15-16,18H,10-14H2,1-2H3. The lowest BCUT2D eigenvalue weighted by Crippen LogP contribution is -2.46. The Bertz CT molecular complexity index is 1090. The highest BCUT2D eigenvalue weighted by Gasteiger charge is 2.38. The van der Waals surface area contributed by atoms with Gasteiger partial charge in [-0.25, -0.2) is 8.42 Å². The molecule has 0 saturated carbocycles. The Labute approximate surface area is 177 Å². The fourth-order valence-electron chi connectivity index (χ4n) is 4.47. The van der Waals surface area contributed by atoms with Crippen molar-refractivity contribution in [2.75, 3.05) is 18.0 Å². The van der Waals surface area contributed by atoms with Crippen LogP contribution in [0.4, 0.5) is 5.69 Å². The molecule has 2 aliphatic heterocycles. The zero-order valence-corrected chi connectivity index (χ0v) is 18.1. The predicted octanol–water partition coefficient (Wildman–Crippen LogP) is 3.27. The fraction of sp³-hybridized carbons (Fsp3) is 0.391. The van der Waals surface area contributed by atoms with Gasteiger partial charge < -0.3 is 4.90 Å². The summed E-state index contributed by atoms with van der Waals surface area (Å²) < 4.78 is 27.5. The molecular formula is C23H26N2O4S. The minimum atomic E-state index is -3.69. The molecule has 30 heavy (non-hydrogen) atoms. The van der Waals surface area contributed by atoms with Gasteiger partial charge in [0.05, 0.1) is 4.90 Å². The van der Waals surface area contributed by atoms with Gasteiger partial charge in [-0.2, -0.15) is 4.31 Å². The maximum absolute atomic E-state index is 13.2. The third-order valence-electron chi connectivity index (χ3n) is 6.13. The lowest BCUT2D eigenvalue weighted by molar-refractivity contribution is -0.123. The molecule has 6 nitrogen and oxygen atoms in total. The quantitative estimate of drug-likeness (QED) is 0.704. The number of amides is 1. The van der Waals surface area contributed by atoms with Crippen LogP contribution in [0.3, 0.4) is 0 Å². The first kappa shape index (κ1) is 20.8. The predicted molar refractivity (Wildman–Crippen MR) is 115 cm³/mol. The second-order valence-corrected chi connectivity index (χ2v) is 10.1. The Balaban J connectivity index is 1.47. The van der Waals surface area contributed by atoms with Crippen molar-refractivity contribution in [3.8, 4) is 0 Å². The summed E-state index contributed by atoms with van der Waals surface area (Å²) in [6, 6.07) is 14.2. The number of fused-ring (bicyclic) bond motifs is 1. The second-order valence-electron chi connectivity index (χ2n) is 8.15. The summed E-state index contributed by atoms with van der Waals surface area (Å²) in [6.07, 6.45) is 1.84. The van der Waals surface area contributed by atoms with Gasteiger partial charge in [-0.05, 0) is 56.9 Å². The number of sulfonamides is 1. The van der Waals surface area contributed by atoms with E-state index in [1.807, 2.05) is 23.1 Å². The van der Waals surface area contributed by atoms with Gasteiger partial charge in [0.1, 0.15) is 0 Å². The lowest BCUT2D eigenvalue weighted by Gasteiger charge is -2.34.